The molecule has 1 aromatic heterocycles. The van der Waals surface area contributed by atoms with Crippen molar-refractivity contribution in [2.75, 3.05) is 20.3 Å². The van der Waals surface area contributed by atoms with Crippen LogP contribution in [-0.4, -0.2) is 58.5 Å². The molecule has 0 aliphatic carbocycles. The Bertz CT molecular complexity index is 404. The summed E-state index contributed by atoms with van der Waals surface area (Å²) in [5.74, 6) is -0.102. The van der Waals surface area contributed by atoms with Crippen LogP contribution in [-0.2, 0) is 4.74 Å². The van der Waals surface area contributed by atoms with Gasteiger partial charge in [-0.25, -0.2) is 0 Å². The Balaban J connectivity index is 2.16. The number of likely N-dealkylation sites (tertiary alicyclic amines) is 1. The zero-order valence-corrected chi connectivity index (χ0v) is 10.0. The first-order chi connectivity index (χ1) is 8.17. The third kappa shape index (κ3) is 2.18. The number of rotatable bonds is 3. The van der Waals surface area contributed by atoms with E-state index >= 15 is 0 Å². The molecule has 6 nitrogen and oxygen atoms in total. The number of aliphatic hydroxyl groups is 1. The summed E-state index contributed by atoms with van der Waals surface area (Å²) in [7, 11) is 1.62. The van der Waals surface area contributed by atoms with Gasteiger partial charge < -0.3 is 14.7 Å². The molecule has 2 rings (SSSR count). The smallest absolute Gasteiger partial charge is 0.257 e. The Morgan fingerprint density at radius 3 is 3.06 bits per heavy atom. The highest BCUT2D eigenvalue weighted by Crippen LogP contribution is 2.22. The molecule has 0 aromatic carbocycles. The lowest BCUT2D eigenvalue weighted by molar-refractivity contribution is 0.0647. The third-order valence-electron chi connectivity index (χ3n) is 3.24. The van der Waals surface area contributed by atoms with E-state index < -0.39 is 0 Å². The second-order valence-corrected chi connectivity index (χ2v) is 4.30. The molecule has 2 heterocycles. The maximum Gasteiger partial charge on any atom is 0.257 e. The lowest BCUT2D eigenvalue weighted by atomic mass is 10.2. The molecule has 2 atom stereocenters. The van der Waals surface area contributed by atoms with Gasteiger partial charge in [-0.3, -0.25) is 9.89 Å². The first-order valence-electron chi connectivity index (χ1n) is 5.62. The Morgan fingerprint density at radius 2 is 2.53 bits per heavy atom. The minimum Gasteiger partial charge on any atom is -0.394 e. The quantitative estimate of drug-likeness (QED) is 0.774. The van der Waals surface area contributed by atoms with Crippen LogP contribution in [0.2, 0.25) is 0 Å². The molecule has 1 aliphatic heterocycles. The lowest BCUT2D eigenvalue weighted by Gasteiger charge is -2.22. The van der Waals surface area contributed by atoms with E-state index in [0.717, 1.165) is 5.69 Å². The van der Waals surface area contributed by atoms with Crippen molar-refractivity contribution in [3.63, 3.8) is 0 Å². The van der Waals surface area contributed by atoms with Crippen LogP contribution in [0.25, 0.3) is 0 Å². The number of aliphatic hydroxyl groups excluding tert-OH is 1. The highest BCUT2D eigenvalue weighted by molar-refractivity contribution is 5.95. The van der Waals surface area contributed by atoms with Crippen molar-refractivity contribution >= 4 is 5.91 Å². The molecule has 0 bridgehead atoms. The van der Waals surface area contributed by atoms with Crippen molar-refractivity contribution in [1.82, 2.24) is 15.1 Å². The van der Waals surface area contributed by atoms with Crippen molar-refractivity contribution in [2.24, 2.45) is 0 Å². The minimum absolute atomic E-state index is 0.00306. The van der Waals surface area contributed by atoms with Crippen LogP contribution in [0.1, 0.15) is 22.5 Å². The van der Waals surface area contributed by atoms with Gasteiger partial charge in [0.15, 0.2) is 0 Å². The average Bonchev–Trinajstić information content (AvgIpc) is 2.93. The number of amides is 1. The molecule has 1 amide bonds. The van der Waals surface area contributed by atoms with Gasteiger partial charge in [-0.05, 0) is 13.3 Å². The molecule has 2 N–H and O–H groups in total. The van der Waals surface area contributed by atoms with Gasteiger partial charge in [0.05, 0.1) is 30.5 Å². The molecule has 17 heavy (non-hydrogen) atoms. The molecule has 0 spiro atoms. The van der Waals surface area contributed by atoms with Gasteiger partial charge >= 0.3 is 0 Å². The van der Waals surface area contributed by atoms with E-state index in [-0.39, 0.29) is 24.7 Å². The second kappa shape index (κ2) is 4.85. The summed E-state index contributed by atoms with van der Waals surface area (Å²) in [6, 6.07) is -0.165. The van der Waals surface area contributed by atoms with Gasteiger partial charge in [0, 0.05) is 19.3 Å². The summed E-state index contributed by atoms with van der Waals surface area (Å²) < 4.78 is 5.24. The van der Waals surface area contributed by atoms with E-state index in [1.54, 1.807) is 18.9 Å². The number of H-pyrrole nitrogens is 1. The van der Waals surface area contributed by atoms with Crippen molar-refractivity contribution in [1.29, 1.82) is 0 Å². The van der Waals surface area contributed by atoms with E-state index in [4.69, 9.17) is 4.74 Å². The highest BCUT2D eigenvalue weighted by Gasteiger charge is 2.35. The number of aryl methyl sites for hydroxylation is 1. The van der Waals surface area contributed by atoms with Crippen molar-refractivity contribution in [3.05, 3.63) is 17.5 Å². The number of nitrogens with zero attached hydrogens (tertiary/aromatic N) is 2. The molecule has 0 saturated carbocycles. The maximum absolute atomic E-state index is 12.3. The topological polar surface area (TPSA) is 78.5 Å². The molecule has 1 fully saturated rings. The van der Waals surface area contributed by atoms with Crippen LogP contribution in [0.4, 0.5) is 0 Å². The van der Waals surface area contributed by atoms with Gasteiger partial charge in [0.25, 0.3) is 5.91 Å². The average molecular weight is 239 g/mol. The van der Waals surface area contributed by atoms with Gasteiger partial charge in [-0.2, -0.15) is 5.10 Å². The standard InChI is InChI=1S/C11H17N3O3/c1-7-10(4-12-13-7)11(16)14-5-9(17-2)3-8(14)6-15/h4,8-9,15H,3,5-6H2,1-2H3,(H,12,13)/t8-,9+/m0/s1. The number of hydrogen-bond donors (Lipinski definition) is 2. The van der Waals surface area contributed by atoms with E-state index in [1.165, 1.54) is 6.20 Å². The van der Waals surface area contributed by atoms with Crippen molar-refractivity contribution < 1.29 is 14.6 Å². The summed E-state index contributed by atoms with van der Waals surface area (Å²) in [5, 5.41) is 15.9. The largest absolute Gasteiger partial charge is 0.394 e. The predicted octanol–water partition coefficient (Wildman–Crippen LogP) is -0.0601. The zero-order chi connectivity index (χ0) is 12.4. The van der Waals surface area contributed by atoms with E-state index in [1.807, 2.05) is 0 Å². The lowest BCUT2D eigenvalue weighted by Crippen LogP contribution is -2.38. The number of nitrogens with one attached hydrogen (secondary N) is 1. The van der Waals surface area contributed by atoms with Crippen molar-refractivity contribution in [3.8, 4) is 0 Å². The number of methoxy groups -OCH3 is 1. The molecule has 0 unspecified atom stereocenters. The monoisotopic (exact) mass is 239 g/mol. The Kier molecular flexibility index (Phi) is 3.44. The van der Waals surface area contributed by atoms with Gasteiger partial charge in [0.2, 0.25) is 0 Å². The highest BCUT2D eigenvalue weighted by atomic mass is 16.5. The van der Waals surface area contributed by atoms with E-state index in [9.17, 15) is 9.90 Å². The maximum atomic E-state index is 12.3. The molecule has 1 aliphatic rings. The molecular formula is C11H17N3O3. The number of carbonyl (C=O) groups is 1. The van der Waals surface area contributed by atoms with Crippen LogP contribution in [0.15, 0.2) is 6.20 Å². The molecule has 1 saturated heterocycles. The molecule has 0 radical (unpaired) electrons. The number of ether oxygens (including phenoxy) is 1. The predicted molar refractivity (Wildman–Crippen MR) is 60.6 cm³/mol. The third-order valence-corrected chi connectivity index (χ3v) is 3.24. The van der Waals surface area contributed by atoms with Gasteiger partial charge in [-0.15, -0.1) is 0 Å². The van der Waals surface area contributed by atoms with Crippen LogP contribution in [0, 0.1) is 6.92 Å². The number of aromatic amines is 1. The minimum atomic E-state index is -0.165. The summed E-state index contributed by atoms with van der Waals surface area (Å²) >= 11 is 0. The number of carbonyl (C=O) groups excluding carboxylic acids is 1. The Labute approximate surface area is 99.6 Å². The fraction of sp³-hybridized carbons (Fsp3) is 0.636. The number of aromatic nitrogens is 2. The fourth-order valence-electron chi connectivity index (χ4n) is 2.19. The molecular weight excluding hydrogens is 222 g/mol. The van der Waals surface area contributed by atoms with Crippen LogP contribution in [0.3, 0.4) is 0 Å². The zero-order valence-electron chi connectivity index (χ0n) is 10.0. The first-order valence-corrected chi connectivity index (χ1v) is 5.62. The fourth-order valence-corrected chi connectivity index (χ4v) is 2.19. The van der Waals surface area contributed by atoms with Crippen molar-refractivity contribution in [2.45, 2.75) is 25.5 Å². The summed E-state index contributed by atoms with van der Waals surface area (Å²) in [6.07, 6.45) is 2.20. The van der Waals surface area contributed by atoms with E-state index in [2.05, 4.69) is 10.2 Å². The first kappa shape index (κ1) is 12.1. The molecule has 6 heteroatoms. The van der Waals surface area contributed by atoms with Crippen LogP contribution in [0.5, 0.6) is 0 Å². The second-order valence-electron chi connectivity index (χ2n) is 4.30. The van der Waals surface area contributed by atoms with E-state index in [0.29, 0.717) is 18.5 Å². The number of hydrogen-bond acceptors (Lipinski definition) is 4. The summed E-state index contributed by atoms with van der Waals surface area (Å²) in [5.41, 5.74) is 1.30. The van der Waals surface area contributed by atoms with Crippen LogP contribution < -0.4 is 0 Å². The summed E-state index contributed by atoms with van der Waals surface area (Å²) in [4.78, 5) is 13.9. The normalized spacial score (nSPS) is 24.3. The molecule has 1 aromatic rings. The Morgan fingerprint density at radius 1 is 1.76 bits per heavy atom. The van der Waals surface area contributed by atoms with Gasteiger partial charge in [0.1, 0.15) is 0 Å². The molecule has 94 valence electrons. The van der Waals surface area contributed by atoms with Gasteiger partial charge in [-0.1, -0.05) is 0 Å². The summed E-state index contributed by atoms with van der Waals surface area (Å²) in [6.45, 7) is 2.28. The SMILES string of the molecule is CO[C@@H]1C[C@@H](CO)N(C(=O)c2cn[nH]c2C)C1. The Hall–Kier alpha value is -1.40. The van der Waals surface area contributed by atoms with Crippen LogP contribution >= 0.6 is 0 Å².